The summed E-state index contributed by atoms with van der Waals surface area (Å²) in [4.78, 5) is 81.8. The predicted octanol–water partition coefficient (Wildman–Crippen LogP) is -19.4. The van der Waals surface area contributed by atoms with Crippen molar-refractivity contribution < 1.29 is 286 Å². The summed E-state index contributed by atoms with van der Waals surface area (Å²) in [5.41, 5.74) is 0.942. The van der Waals surface area contributed by atoms with E-state index in [9.17, 15) is 142 Å². The van der Waals surface area contributed by atoms with Crippen LogP contribution in [0, 0.1) is 0 Å². The van der Waals surface area contributed by atoms with E-state index in [2.05, 4.69) is 21.3 Å². The van der Waals surface area contributed by atoms with Gasteiger partial charge in [0.2, 0.25) is 23.4 Å². The van der Waals surface area contributed by atoms with Crippen molar-refractivity contribution in [2.45, 2.75) is 310 Å². The smallest absolute Gasteiger partial charge is 0.544 e. The zero-order valence-electron chi connectivity index (χ0n) is 77.6. The number of carboxylic acids is 2. The second-order valence-electron chi connectivity index (χ2n) is 35.7. The minimum Gasteiger partial charge on any atom is -0.544 e. The number of hydrogen-bond donors (Lipinski definition) is 26. The van der Waals surface area contributed by atoms with Gasteiger partial charge in [-0.1, -0.05) is 84.9 Å². The van der Waals surface area contributed by atoms with Crippen LogP contribution in [0.1, 0.15) is 72.4 Å². The number of nitrogens with one attached hydrogen (secondary N) is 4. The van der Waals surface area contributed by atoms with Gasteiger partial charge in [0.1, 0.15) is 183 Å². The number of hydrogen-bond acceptors (Lipinski definition) is 46. The second-order valence-corrected chi connectivity index (χ2v) is 35.7. The fraction of sp³-hybridized carbons (Fsp3) is 0.644. The van der Waals surface area contributed by atoms with Gasteiger partial charge in [-0.15, -0.1) is 0 Å². The van der Waals surface area contributed by atoms with E-state index in [0.29, 0.717) is 32.7 Å². The maximum atomic E-state index is 15.1. The Bertz CT molecular complexity index is 4680. The molecule has 5 aromatic rings. The Balaban J connectivity index is 0.00000963. The molecule has 8 fully saturated rings. The van der Waals surface area contributed by atoms with Gasteiger partial charge in [-0.05, 0) is 83.6 Å². The summed E-state index contributed by atoms with van der Waals surface area (Å²) in [5, 5.41) is 287. The van der Waals surface area contributed by atoms with E-state index in [0.717, 1.165) is 13.8 Å². The minimum absolute atomic E-state index is 0. The minimum atomic E-state index is -3.40. The van der Waals surface area contributed by atoms with Gasteiger partial charge in [0.15, 0.2) is 37.7 Å². The third-order valence-electron chi connectivity index (χ3n) is 26.0. The van der Waals surface area contributed by atoms with Crippen LogP contribution >= 0.6 is 0 Å². The van der Waals surface area contributed by atoms with E-state index in [1.54, 1.807) is 84.9 Å². The molecule has 0 aliphatic carbocycles. The third kappa shape index (κ3) is 26.0. The molecule has 142 heavy (non-hydrogen) atoms. The van der Waals surface area contributed by atoms with Crippen molar-refractivity contribution in [2.24, 2.45) is 0 Å². The second kappa shape index (κ2) is 51.0. The van der Waals surface area contributed by atoms with Crippen molar-refractivity contribution in [3.63, 3.8) is 0 Å². The number of benzene rings is 5. The van der Waals surface area contributed by atoms with Crippen molar-refractivity contribution in [2.75, 3.05) is 52.9 Å². The number of aliphatic carboxylic acids is 2. The molecule has 5 aromatic carbocycles. The Labute approximate surface area is 853 Å². The van der Waals surface area contributed by atoms with Crippen LogP contribution in [0.15, 0.2) is 109 Å². The van der Waals surface area contributed by atoms with E-state index in [1.165, 1.54) is 38.1 Å². The number of fused-ring (bicyclic) bond motifs is 2. The van der Waals surface area contributed by atoms with Gasteiger partial charge in [0.25, 0.3) is 11.8 Å². The molecule has 8 heterocycles. The first-order valence-corrected chi connectivity index (χ1v) is 45.3. The van der Waals surface area contributed by atoms with Crippen LogP contribution in [0.5, 0.6) is 0 Å². The monoisotopic (exact) mass is 2040 g/mol. The van der Waals surface area contributed by atoms with Crippen molar-refractivity contribution in [3.05, 3.63) is 131 Å². The quantitative estimate of drug-likeness (QED) is 0.0163. The summed E-state index contributed by atoms with van der Waals surface area (Å²) in [5.74, 6) is -15.0. The van der Waals surface area contributed by atoms with E-state index in [1.807, 2.05) is 0 Å². The fourth-order valence-electron chi connectivity index (χ4n) is 18.4. The third-order valence-corrected chi connectivity index (χ3v) is 26.0. The van der Waals surface area contributed by atoms with Gasteiger partial charge in [-0.3, -0.25) is 19.2 Å². The molecule has 0 spiro atoms. The normalized spacial score (nSPS) is 38.5. The van der Waals surface area contributed by atoms with Gasteiger partial charge in [0, 0.05) is 37.8 Å². The molecule has 13 rings (SSSR count). The molecule has 50 nitrogen and oxygen atoms in total. The molecule has 0 aromatic heterocycles. The van der Waals surface area contributed by atoms with Crippen LogP contribution in [0.4, 0.5) is 0 Å². The van der Waals surface area contributed by atoms with Gasteiger partial charge in [-0.25, -0.2) is 0 Å². The first kappa shape index (κ1) is 116. The summed E-state index contributed by atoms with van der Waals surface area (Å²) < 4.78 is 99.1. The van der Waals surface area contributed by atoms with Gasteiger partial charge in [0.05, 0.1) is 89.4 Å². The Kier molecular flexibility index (Phi) is 41.7. The number of ether oxygens (including phenoxy) is 16. The number of rotatable bonds is 38. The van der Waals surface area contributed by atoms with Crippen molar-refractivity contribution >= 4 is 57.1 Å². The number of aliphatic hydroxyl groups is 22. The summed E-state index contributed by atoms with van der Waals surface area (Å²) in [6, 6.07) is 22.5. The molecule has 0 unspecified atom stereocenters. The Hall–Kier alpha value is -6.08. The first-order valence-electron chi connectivity index (χ1n) is 45.3. The van der Waals surface area contributed by atoms with Crippen molar-refractivity contribution in [1.82, 2.24) is 21.3 Å². The maximum absolute atomic E-state index is 15.1. The fourth-order valence-corrected chi connectivity index (χ4v) is 18.4. The SMILES string of the molecule is CC(=O)N[C@@H]1[C@@H]([C@H](O)[C@H](O)CO)O[C@](O[C@H]2[C@@H](O)[C@@H](O[C@@H]3[C@@H](O[C@H]4O[C@H](C)[C@H](O)[C@@H](O)[C@H]4O)[C@@H](NC(=O)c4ccc5ccccc5c4)[C@@H](OCCc4cccc(CCO[C@@H]5O[C@@H](CO)[C@@H](O[C@@H]6O[C@@H](CO)[C@H](O)[C@H](O[C@]7(C(=O)[O-])C[C@@H](O)[C@@H](NC(C)=O)[C@H]([C@H](O)[C@H](O)CO)O7)[C@@H]6O)[C@H](O[C@@H]6O[C@@H](C)[C@@H](O)[C@H](O)[C@@H]6O)[C@@H]5NC(=O)c5ccc6ccccc6c5)c4)O[C@@H]3CO)O[C@H](CO)[C@H]2O)(C(=O)[O-])C[C@@H]1O.[Na+].[Na+]. The number of aliphatic hydroxyl groups excluding tert-OH is 22. The maximum Gasteiger partial charge on any atom is 1.00 e. The van der Waals surface area contributed by atoms with Gasteiger partial charge < -0.3 is 229 Å². The van der Waals surface area contributed by atoms with Crippen LogP contribution < -0.4 is 90.6 Å². The van der Waals surface area contributed by atoms with E-state index in [4.69, 9.17) is 75.8 Å². The Morgan fingerprint density at radius 1 is 0.380 bits per heavy atom. The van der Waals surface area contributed by atoms with Crippen LogP contribution in [0.3, 0.4) is 0 Å². The molecule has 0 radical (unpaired) electrons. The number of amides is 4. The van der Waals surface area contributed by atoms with Gasteiger partial charge in [-0.2, -0.15) is 0 Å². The topological polar surface area (TPSA) is 789 Å². The number of carboxylic acid groups (broad SMARTS) is 2. The molecule has 42 atom stereocenters. The molecule has 8 aliphatic heterocycles. The van der Waals surface area contributed by atoms with Crippen molar-refractivity contribution in [1.29, 1.82) is 0 Å². The summed E-state index contributed by atoms with van der Waals surface area (Å²) in [6.07, 6.45) is -77.4. The average molecular weight is 2040 g/mol. The first-order chi connectivity index (χ1) is 66.6. The molecule has 0 saturated carbocycles. The molecule has 778 valence electrons. The molecule has 8 aliphatic rings. The molecule has 4 amide bonds. The van der Waals surface area contributed by atoms with Crippen LogP contribution in [-0.2, 0) is 108 Å². The largest absolute Gasteiger partial charge is 1.00 e. The van der Waals surface area contributed by atoms with E-state index >= 15 is 9.59 Å². The van der Waals surface area contributed by atoms with Gasteiger partial charge >= 0.3 is 59.1 Å². The Morgan fingerprint density at radius 3 is 1.06 bits per heavy atom. The number of carbonyl (C=O) groups excluding carboxylic acids is 6. The predicted molar refractivity (Wildman–Crippen MR) is 457 cm³/mol. The molecular formula is C90H120N4Na2O46. The standard InChI is InChI=1S/C90H122N4O46.2Na/c1-35-59(107)65(113)67(115)83(127-35)135-75-57(93-79(119)45-18-16-41-12-5-7-14-43(41)25-45)81(131-53(33-99)71(75)133-85-69(117)77(63(111)51(31-97)129-85)139-89(87(121)122)27-47(103)55(91-37(3)101)73(137-89)61(109)49(105)29-95)125-22-20-39-10-9-11-40(24-39)21-23-126-82-58(94-80(120)46-19-17-42-13-6-8-15-44(42)26-46)76(136-84-68(116)66(114)60(108)36(2)128-84)72(54(34-100)132-82)134-86-70(118)78(64(112)52(32-98)130-86)140-90(88(123)124)28-48(104)56(92-38(4)102)74(138-90)62(110)50(106)30-96;;/h5-19,24-26,35-36,47-78,81-86,95-100,103-118H,20-23,27-34H2,1-4H3,(H,91,101)(H,92,102)(H,93,119)(H,94,120)(H,121,122)(H,123,124);;/q;2*+1/p-2/t35-,36+,47+,48-,49-,50-,51-,52+,53-,54+,55+,56-,57-,58+,59+,60-,61-,62-,63-,64+,65-,66+,67-,68+,69-,70+,71+,72-,73+,74-,75+,76-,77-,78+,81+,82-,83-,84+,85-,86+,89-,90+;;/m1../s1. The Morgan fingerprint density at radius 2 is 0.718 bits per heavy atom. The summed E-state index contributed by atoms with van der Waals surface area (Å²) in [6.45, 7) is -3.30. The zero-order valence-corrected chi connectivity index (χ0v) is 81.6. The van der Waals surface area contributed by atoms with Crippen LogP contribution in [-0.4, -0.2) is 457 Å². The van der Waals surface area contributed by atoms with E-state index < -0.39 is 358 Å². The zero-order chi connectivity index (χ0) is 102. The van der Waals surface area contributed by atoms with Crippen LogP contribution in [0.25, 0.3) is 21.5 Å². The average Bonchev–Trinajstić information content (AvgIpc) is 0.756. The molecule has 0 bridgehead atoms. The molecular weight excluding hydrogens is 1920 g/mol. The summed E-state index contributed by atoms with van der Waals surface area (Å²) in [7, 11) is 0. The molecule has 26 N–H and O–H groups in total. The molecule has 52 heteroatoms. The summed E-state index contributed by atoms with van der Waals surface area (Å²) >= 11 is 0. The molecule has 8 saturated heterocycles. The van der Waals surface area contributed by atoms with E-state index in [-0.39, 0.29) is 83.1 Å². The number of carbonyl (C=O) groups is 6. The van der Waals surface area contributed by atoms with Crippen LogP contribution in [0.2, 0.25) is 0 Å². The van der Waals surface area contributed by atoms with Crippen molar-refractivity contribution in [3.8, 4) is 0 Å².